The number of aromatic nitrogens is 2. The molecule has 5 rings (SSSR count). The molecule has 3 aromatic carbocycles. The third-order valence-electron chi connectivity index (χ3n) is 6.58. The molecule has 2 heterocycles. The number of amides is 1. The smallest absolute Gasteiger partial charge is 0.224 e. The number of carbonyl (C=O) groups excluding carboxylic acids is 1. The van der Waals surface area contributed by atoms with Gasteiger partial charge in [0.2, 0.25) is 5.91 Å². The predicted molar refractivity (Wildman–Crippen MR) is 149 cm³/mol. The zero-order valence-electron chi connectivity index (χ0n) is 22.0. The highest BCUT2D eigenvalue weighted by molar-refractivity contribution is 5.89. The van der Waals surface area contributed by atoms with Gasteiger partial charge < -0.3 is 15.0 Å². The van der Waals surface area contributed by atoms with Gasteiger partial charge in [0.25, 0.3) is 0 Å². The van der Waals surface area contributed by atoms with E-state index < -0.39 is 23.4 Å². The quantitative estimate of drug-likeness (QED) is 0.212. The van der Waals surface area contributed by atoms with Gasteiger partial charge in [-0.05, 0) is 79.1 Å². The van der Waals surface area contributed by atoms with Crippen molar-refractivity contribution in [2.75, 3.05) is 6.54 Å². The van der Waals surface area contributed by atoms with E-state index in [9.17, 15) is 18.0 Å². The number of rotatable bonds is 9. The third kappa shape index (κ3) is 6.17. The fourth-order valence-electron chi connectivity index (χ4n) is 4.82. The average molecular weight is 544 g/mol. The summed E-state index contributed by atoms with van der Waals surface area (Å²) >= 11 is 0. The predicted octanol–water partition coefficient (Wildman–Crippen LogP) is 6.93. The number of hydrogen-bond acceptors (Lipinski definition) is 3. The zero-order chi connectivity index (χ0) is 28.2. The number of benzene rings is 3. The van der Waals surface area contributed by atoms with E-state index >= 15 is 0 Å². The van der Waals surface area contributed by atoms with Crippen molar-refractivity contribution in [3.63, 3.8) is 0 Å². The number of nitrogens with one attached hydrogen (secondary N) is 2. The highest BCUT2D eigenvalue weighted by atomic mass is 19.1. The van der Waals surface area contributed by atoms with Crippen LogP contribution in [0.1, 0.15) is 36.6 Å². The fourth-order valence-corrected chi connectivity index (χ4v) is 4.82. The fraction of sp³-hybridized carbons (Fsp3) is 0.188. The van der Waals surface area contributed by atoms with Crippen molar-refractivity contribution in [2.24, 2.45) is 0 Å². The van der Waals surface area contributed by atoms with Gasteiger partial charge in [-0.25, -0.2) is 13.2 Å². The molecule has 0 aliphatic carbocycles. The molecule has 2 N–H and O–H groups in total. The first-order chi connectivity index (χ1) is 19.3. The van der Waals surface area contributed by atoms with Gasteiger partial charge in [0.1, 0.15) is 23.2 Å². The molecule has 0 saturated carbocycles. The first-order valence-corrected chi connectivity index (χ1v) is 13.0. The van der Waals surface area contributed by atoms with Crippen molar-refractivity contribution in [2.45, 2.75) is 32.3 Å². The molecule has 1 atom stereocenters. The van der Waals surface area contributed by atoms with Gasteiger partial charge in [0.15, 0.2) is 0 Å². The number of ether oxygens (including phenoxy) is 1. The Morgan fingerprint density at radius 2 is 1.70 bits per heavy atom. The van der Waals surface area contributed by atoms with Crippen LogP contribution in [0.2, 0.25) is 0 Å². The molecule has 0 aliphatic heterocycles. The highest BCUT2D eigenvalue weighted by Gasteiger charge is 2.23. The van der Waals surface area contributed by atoms with Crippen molar-refractivity contribution in [3.05, 3.63) is 119 Å². The van der Waals surface area contributed by atoms with Crippen LogP contribution in [0.5, 0.6) is 5.75 Å². The molecule has 5 aromatic rings. The number of H-pyrrole nitrogens is 1. The molecule has 1 amide bonds. The minimum absolute atomic E-state index is 0.0000734. The summed E-state index contributed by atoms with van der Waals surface area (Å²) in [4.78, 5) is 20.7. The second kappa shape index (κ2) is 11.7. The van der Waals surface area contributed by atoms with E-state index in [1.165, 1.54) is 24.3 Å². The van der Waals surface area contributed by atoms with Gasteiger partial charge in [-0.15, -0.1) is 0 Å². The third-order valence-corrected chi connectivity index (χ3v) is 6.58. The van der Waals surface area contributed by atoms with Gasteiger partial charge in [0.05, 0.1) is 18.2 Å². The molecule has 204 valence electrons. The monoisotopic (exact) mass is 543 g/mol. The summed E-state index contributed by atoms with van der Waals surface area (Å²) < 4.78 is 48.2. The summed E-state index contributed by atoms with van der Waals surface area (Å²) in [6.07, 6.45) is 3.31. The van der Waals surface area contributed by atoms with Crippen LogP contribution in [0, 0.1) is 17.5 Å². The van der Waals surface area contributed by atoms with Crippen LogP contribution in [0.4, 0.5) is 13.2 Å². The number of aromatic amines is 1. The van der Waals surface area contributed by atoms with Crippen LogP contribution < -0.4 is 10.1 Å². The number of pyridine rings is 1. The second-order valence-electron chi connectivity index (χ2n) is 9.87. The topological polar surface area (TPSA) is 67.0 Å². The van der Waals surface area contributed by atoms with E-state index in [-0.39, 0.29) is 25.0 Å². The van der Waals surface area contributed by atoms with Gasteiger partial charge in [-0.2, -0.15) is 0 Å². The van der Waals surface area contributed by atoms with Crippen LogP contribution in [0.15, 0.2) is 85.2 Å². The Kier molecular flexibility index (Phi) is 7.86. The normalized spacial score (nSPS) is 12.1. The Morgan fingerprint density at radius 1 is 0.950 bits per heavy atom. The highest BCUT2D eigenvalue weighted by Crippen LogP contribution is 2.33. The lowest BCUT2D eigenvalue weighted by molar-refractivity contribution is -0.120. The molecular weight excluding hydrogens is 515 g/mol. The summed E-state index contributed by atoms with van der Waals surface area (Å²) in [7, 11) is 0. The molecule has 0 bridgehead atoms. The minimum Gasteiger partial charge on any atom is -0.491 e. The molecule has 0 radical (unpaired) electrons. The van der Waals surface area contributed by atoms with Crippen molar-refractivity contribution >= 4 is 16.8 Å². The van der Waals surface area contributed by atoms with Crippen LogP contribution in [0.25, 0.3) is 22.0 Å². The Hall–Kier alpha value is -4.59. The number of hydrogen-bond donors (Lipinski definition) is 2. The number of carbonyl (C=O) groups is 1. The van der Waals surface area contributed by atoms with Crippen molar-refractivity contribution in [1.82, 2.24) is 15.3 Å². The molecule has 2 aromatic heterocycles. The Balaban J connectivity index is 1.45. The molecule has 5 nitrogen and oxygen atoms in total. The summed E-state index contributed by atoms with van der Waals surface area (Å²) in [6.45, 7) is 3.93. The van der Waals surface area contributed by atoms with Crippen LogP contribution in [-0.4, -0.2) is 28.5 Å². The van der Waals surface area contributed by atoms with Crippen molar-refractivity contribution in [3.8, 4) is 16.9 Å². The maximum Gasteiger partial charge on any atom is 0.224 e. The van der Waals surface area contributed by atoms with E-state index in [2.05, 4.69) is 15.3 Å². The van der Waals surface area contributed by atoms with E-state index in [0.29, 0.717) is 22.2 Å². The van der Waals surface area contributed by atoms with Gasteiger partial charge in [-0.3, -0.25) is 9.78 Å². The van der Waals surface area contributed by atoms with Crippen LogP contribution in [0.3, 0.4) is 0 Å². The SMILES string of the molecule is CC(C)Oc1ccc(-c2cccnc2C(CNC(=O)Cc2c[nH]c3ccc(F)cc23)c2cc(F)cc(F)c2)cc1. The summed E-state index contributed by atoms with van der Waals surface area (Å²) in [6, 6.07) is 18.8. The van der Waals surface area contributed by atoms with E-state index in [1.807, 2.05) is 44.2 Å². The molecule has 8 heteroatoms. The van der Waals surface area contributed by atoms with Gasteiger partial charge >= 0.3 is 0 Å². The van der Waals surface area contributed by atoms with Crippen molar-refractivity contribution < 1.29 is 22.7 Å². The molecule has 1 unspecified atom stereocenters. The molecular formula is C32H28F3N3O2. The first kappa shape index (κ1) is 27.0. The summed E-state index contributed by atoms with van der Waals surface area (Å²) in [5, 5.41) is 3.52. The molecule has 0 fully saturated rings. The average Bonchev–Trinajstić information content (AvgIpc) is 3.30. The van der Waals surface area contributed by atoms with E-state index in [0.717, 1.165) is 28.5 Å². The van der Waals surface area contributed by atoms with E-state index in [1.54, 1.807) is 24.5 Å². The van der Waals surface area contributed by atoms with Crippen molar-refractivity contribution in [1.29, 1.82) is 0 Å². The lowest BCUT2D eigenvalue weighted by Gasteiger charge is -2.21. The number of halogens is 3. The second-order valence-corrected chi connectivity index (χ2v) is 9.87. The standard InChI is InChI=1S/C32H28F3N3O2/c1-19(2)40-26-8-5-20(6-9-26)27-4-3-11-36-32(27)29(21-12-24(34)15-25(35)13-21)18-38-31(39)14-22-17-37-30-10-7-23(33)16-28(22)30/h3-13,15-17,19,29,37H,14,18H2,1-2H3,(H,38,39). The van der Waals surface area contributed by atoms with Gasteiger partial charge in [0, 0.05) is 47.4 Å². The van der Waals surface area contributed by atoms with Crippen LogP contribution >= 0.6 is 0 Å². The lowest BCUT2D eigenvalue weighted by Crippen LogP contribution is -2.30. The Morgan fingerprint density at radius 3 is 2.42 bits per heavy atom. The zero-order valence-corrected chi connectivity index (χ0v) is 22.0. The summed E-state index contributed by atoms with van der Waals surface area (Å²) in [5.74, 6) is -2.09. The van der Waals surface area contributed by atoms with E-state index in [4.69, 9.17) is 4.74 Å². The molecule has 0 saturated heterocycles. The molecule has 0 aliphatic rings. The maximum atomic E-state index is 14.3. The number of nitrogens with zero attached hydrogens (tertiary/aromatic N) is 1. The Labute approximate surface area is 230 Å². The number of fused-ring (bicyclic) bond motifs is 1. The Bertz CT molecular complexity index is 1630. The van der Waals surface area contributed by atoms with Crippen LogP contribution in [-0.2, 0) is 11.2 Å². The largest absolute Gasteiger partial charge is 0.491 e. The minimum atomic E-state index is -0.722. The molecule has 0 spiro atoms. The summed E-state index contributed by atoms with van der Waals surface area (Å²) in [5.41, 5.74) is 3.86. The maximum absolute atomic E-state index is 14.3. The van der Waals surface area contributed by atoms with Gasteiger partial charge in [-0.1, -0.05) is 18.2 Å². The molecule has 40 heavy (non-hydrogen) atoms. The first-order valence-electron chi connectivity index (χ1n) is 13.0. The lowest BCUT2D eigenvalue weighted by atomic mass is 9.89.